The quantitative estimate of drug-likeness (QED) is 0.763. The Balaban J connectivity index is 3.05. The average Bonchev–Trinajstić information content (AvgIpc) is 2.03. The topological polar surface area (TPSA) is 37.3 Å². The van der Waals surface area contributed by atoms with Gasteiger partial charge in [0, 0.05) is 6.42 Å². The van der Waals surface area contributed by atoms with E-state index in [1.165, 1.54) is 0 Å². The summed E-state index contributed by atoms with van der Waals surface area (Å²) in [5.74, 6) is 0.125. The third-order valence-corrected chi connectivity index (χ3v) is 2.10. The minimum Gasteiger partial charge on any atom is -0.392 e. The molecule has 70 valence electrons. The van der Waals surface area contributed by atoms with Crippen molar-refractivity contribution in [1.82, 2.24) is 0 Å². The number of ketones is 1. The van der Waals surface area contributed by atoms with Gasteiger partial charge >= 0.3 is 0 Å². The summed E-state index contributed by atoms with van der Waals surface area (Å²) in [4.78, 5) is 10.9. The van der Waals surface area contributed by atoms with E-state index >= 15 is 0 Å². The van der Waals surface area contributed by atoms with Crippen molar-refractivity contribution >= 4 is 5.78 Å². The molecule has 0 unspecified atom stereocenters. The van der Waals surface area contributed by atoms with Crippen molar-refractivity contribution in [3.05, 3.63) is 34.9 Å². The average molecular weight is 178 g/mol. The molecule has 0 aliphatic rings. The zero-order chi connectivity index (χ0) is 9.84. The van der Waals surface area contributed by atoms with Gasteiger partial charge in [0.1, 0.15) is 5.78 Å². The molecule has 0 amide bonds. The molecule has 0 fully saturated rings. The fraction of sp³-hybridized carbons (Fsp3) is 0.364. The van der Waals surface area contributed by atoms with E-state index < -0.39 is 0 Å². The molecule has 0 heterocycles. The molecule has 1 N–H and O–H groups in total. The van der Waals surface area contributed by atoms with Gasteiger partial charge in [-0.05, 0) is 30.5 Å². The molecule has 2 heteroatoms. The van der Waals surface area contributed by atoms with E-state index in [4.69, 9.17) is 5.11 Å². The predicted octanol–water partition coefficient (Wildman–Crippen LogP) is 1.62. The lowest BCUT2D eigenvalue weighted by Gasteiger charge is -2.08. The second kappa shape index (κ2) is 4.19. The minimum absolute atomic E-state index is 0.00921. The van der Waals surface area contributed by atoms with Crippen LogP contribution in [0, 0.1) is 6.92 Å². The summed E-state index contributed by atoms with van der Waals surface area (Å²) in [6.45, 7) is 3.51. The molecule has 2 nitrogen and oxygen atoms in total. The Morgan fingerprint density at radius 3 is 2.69 bits per heavy atom. The second-order valence-corrected chi connectivity index (χ2v) is 3.25. The molecular weight excluding hydrogens is 164 g/mol. The maximum Gasteiger partial charge on any atom is 0.134 e. The van der Waals surface area contributed by atoms with E-state index in [1.54, 1.807) is 6.92 Å². The van der Waals surface area contributed by atoms with Crippen LogP contribution in [0.15, 0.2) is 18.2 Å². The first kappa shape index (κ1) is 9.93. The van der Waals surface area contributed by atoms with Gasteiger partial charge in [-0.25, -0.2) is 0 Å². The number of aliphatic hydroxyl groups is 1. The number of aliphatic hydroxyl groups excluding tert-OH is 1. The van der Waals surface area contributed by atoms with Crippen LogP contribution in [-0.4, -0.2) is 10.9 Å². The van der Waals surface area contributed by atoms with Gasteiger partial charge in [-0.1, -0.05) is 18.2 Å². The fourth-order valence-electron chi connectivity index (χ4n) is 1.42. The molecular formula is C11H14O2. The Labute approximate surface area is 78.2 Å². The molecule has 0 aliphatic carbocycles. The van der Waals surface area contributed by atoms with Crippen molar-refractivity contribution in [2.45, 2.75) is 26.9 Å². The Hall–Kier alpha value is -1.15. The smallest absolute Gasteiger partial charge is 0.134 e. The maximum absolute atomic E-state index is 10.9. The van der Waals surface area contributed by atoms with E-state index in [0.717, 1.165) is 16.7 Å². The normalized spacial score (nSPS) is 10.1. The van der Waals surface area contributed by atoms with Gasteiger partial charge in [-0.3, -0.25) is 4.79 Å². The Bertz CT molecular complexity index is 316. The highest BCUT2D eigenvalue weighted by atomic mass is 16.3. The number of hydrogen-bond donors (Lipinski definition) is 1. The van der Waals surface area contributed by atoms with Gasteiger partial charge in [-0.15, -0.1) is 0 Å². The third kappa shape index (κ3) is 2.39. The standard InChI is InChI=1S/C11H14O2/c1-8-4-3-5-10(6-9(2)13)11(8)7-12/h3-5,12H,6-7H2,1-2H3. The van der Waals surface area contributed by atoms with E-state index in [0.29, 0.717) is 6.42 Å². The SMILES string of the molecule is CC(=O)Cc1cccc(C)c1CO. The van der Waals surface area contributed by atoms with E-state index in [2.05, 4.69) is 0 Å². The molecule has 0 spiro atoms. The van der Waals surface area contributed by atoms with Crippen molar-refractivity contribution < 1.29 is 9.90 Å². The molecule has 0 aliphatic heterocycles. The van der Waals surface area contributed by atoms with Crippen LogP contribution in [0.4, 0.5) is 0 Å². The third-order valence-electron chi connectivity index (χ3n) is 2.10. The Kier molecular flexibility index (Phi) is 3.20. The number of carbonyl (C=O) groups excluding carboxylic acids is 1. The van der Waals surface area contributed by atoms with Gasteiger partial charge in [-0.2, -0.15) is 0 Å². The first-order valence-corrected chi connectivity index (χ1v) is 4.33. The molecule has 0 bridgehead atoms. The van der Waals surface area contributed by atoms with Crippen LogP contribution >= 0.6 is 0 Å². The van der Waals surface area contributed by atoms with E-state index in [9.17, 15) is 4.79 Å². The summed E-state index contributed by atoms with van der Waals surface area (Å²) < 4.78 is 0. The predicted molar refractivity (Wildman–Crippen MR) is 51.5 cm³/mol. The molecule has 1 aromatic rings. The Morgan fingerprint density at radius 2 is 2.15 bits per heavy atom. The summed E-state index contributed by atoms with van der Waals surface area (Å²) in [5, 5.41) is 9.10. The highest BCUT2D eigenvalue weighted by molar-refractivity contribution is 5.78. The molecule has 0 radical (unpaired) electrons. The maximum atomic E-state index is 10.9. The van der Waals surface area contributed by atoms with E-state index in [1.807, 2.05) is 25.1 Å². The lowest BCUT2D eigenvalue weighted by atomic mass is 9.99. The van der Waals surface area contributed by atoms with Gasteiger partial charge in [0.25, 0.3) is 0 Å². The number of aryl methyl sites for hydroxylation is 1. The van der Waals surface area contributed by atoms with Crippen molar-refractivity contribution in [1.29, 1.82) is 0 Å². The van der Waals surface area contributed by atoms with Crippen molar-refractivity contribution in [3.8, 4) is 0 Å². The molecule has 1 rings (SSSR count). The summed E-state index contributed by atoms with van der Waals surface area (Å²) in [5.41, 5.74) is 2.87. The van der Waals surface area contributed by atoms with Gasteiger partial charge in [0.05, 0.1) is 6.61 Å². The van der Waals surface area contributed by atoms with E-state index in [-0.39, 0.29) is 12.4 Å². The zero-order valence-corrected chi connectivity index (χ0v) is 8.00. The van der Waals surface area contributed by atoms with Crippen molar-refractivity contribution in [3.63, 3.8) is 0 Å². The Morgan fingerprint density at radius 1 is 1.46 bits per heavy atom. The van der Waals surface area contributed by atoms with Crippen LogP contribution in [0.3, 0.4) is 0 Å². The van der Waals surface area contributed by atoms with Crippen LogP contribution in [0.1, 0.15) is 23.6 Å². The van der Waals surface area contributed by atoms with Crippen LogP contribution in [-0.2, 0) is 17.8 Å². The number of carbonyl (C=O) groups is 1. The lowest BCUT2D eigenvalue weighted by Crippen LogP contribution is -2.02. The van der Waals surface area contributed by atoms with Gasteiger partial charge < -0.3 is 5.11 Å². The largest absolute Gasteiger partial charge is 0.392 e. The first-order valence-electron chi connectivity index (χ1n) is 4.33. The lowest BCUT2D eigenvalue weighted by molar-refractivity contribution is -0.116. The van der Waals surface area contributed by atoms with Gasteiger partial charge in [0.2, 0.25) is 0 Å². The molecule has 0 saturated carbocycles. The minimum atomic E-state index is 0.00921. The van der Waals surface area contributed by atoms with Crippen molar-refractivity contribution in [2.24, 2.45) is 0 Å². The molecule has 13 heavy (non-hydrogen) atoms. The molecule has 0 saturated heterocycles. The summed E-state index contributed by atoms with van der Waals surface area (Å²) >= 11 is 0. The van der Waals surface area contributed by atoms with Crippen molar-refractivity contribution in [2.75, 3.05) is 0 Å². The summed E-state index contributed by atoms with van der Waals surface area (Å²) in [6, 6.07) is 5.74. The highest BCUT2D eigenvalue weighted by Crippen LogP contribution is 2.14. The zero-order valence-electron chi connectivity index (χ0n) is 8.00. The van der Waals surface area contributed by atoms with Crippen LogP contribution < -0.4 is 0 Å². The van der Waals surface area contributed by atoms with Crippen LogP contribution in [0.25, 0.3) is 0 Å². The molecule has 0 atom stereocenters. The second-order valence-electron chi connectivity index (χ2n) is 3.25. The number of hydrogen-bond acceptors (Lipinski definition) is 2. The highest BCUT2D eigenvalue weighted by Gasteiger charge is 2.05. The number of rotatable bonds is 3. The van der Waals surface area contributed by atoms with Crippen LogP contribution in [0.2, 0.25) is 0 Å². The fourth-order valence-corrected chi connectivity index (χ4v) is 1.42. The summed E-state index contributed by atoms with van der Waals surface area (Å²) in [6.07, 6.45) is 0.414. The molecule has 1 aromatic carbocycles. The van der Waals surface area contributed by atoms with Gasteiger partial charge in [0.15, 0.2) is 0 Å². The first-order chi connectivity index (χ1) is 6.15. The van der Waals surface area contributed by atoms with Crippen LogP contribution in [0.5, 0.6) is 0 Å². The number of Topliss-reactive ketones (excluding diaryl/α,β-unsaturated/α-hetero) is 1. The monoisotopic (exact) mass is 178 g/mol. The molecule has 0 aromatic heterocycles. The summed E-state index contributed by atoms with van der Waals surface area (Å²) in [7, 11) is 0. The number of benzene rings is 1.